The first-order chi connectivity index (χ1) is 15.9. The number of likely N-dealkylation sites (tertiary alicyclic amines) is 1. The molecule has 0 aromatic rings. The Kier molecular flexibility index (Phi) is 7.26. The number of rotatable bonds is 5. The molecule has 0 amide bonds. The van der Waals surface area contributed by atoms with E-state index in [1.807, 2.05) is 25.2 Å². The van der Waals surface area contributed by atoms with E-state index in [1.165, 1.54) is 22.4 Å². The molecule has 2 unspecified atom stereocenters. The van der Waals surface area contributed by atoms with Crippen LogP contribution in [0.3, 0.4) is 0 Å². The van der Waals surface area contributed by atoms with Crippen molar-refractivity contribution in [2.75, 3.05) is 13.1 Å². The van der Waals surface area contributed by atoms with Crippen LogP contribution in [0.25, 0.3) is 0 Å². The second-order valence-electron chi connectivity index (χ2n) is 9.93. The maximum absolute atomic E-state index is 14.2. The maximum Gasteiger partial charge on any atom is 0.310 e. The molecule has 2 atom stereocenters. The van der Waals surface area contributed by atoms with Crippen LogP contribution in [0.2, 0.25) is 0 Å². The van der Waals surface area contributed by atoms with Crippen molar-refractivity contribution in [3.8, 4) is 0 Å². The lowest BCUT2D eigenvalue weighted by Crippen LogP contribution is -2.38. The minimum atomic E-state index is -0.774. The van der Waals surface area contributed by atoms with E-state index in [2.05, 4.69) is 30.3 Å². The van der Waals surface area contributed by atoms with Crippen LogP contribution in [0.4, 0.5) is 4.39 Å². The predicted octanol–water partition coefficient (Wildman–Crippen LogP) is 6.38. The third-order valence-corrected chi connectivity index (χ3v) is 7.72. The van der Waals surface area contributed by atoms with E-state index >= 15 is 0 Å². The number of allylic oxidation sites excluding steroid dienone is 10. The van der Waals surface area contributed by atoms with E-state index in [4.69, 9.17) is 0 Å². The average molecular weight is 453 g/mol. The summed E-state index contributed by atoms with van der Waals surface area (Å²) in [5, 5.41) is 13.3. The monoisotopic (exact) mass is 452 g/mol. The third-order valence-electron chi connectivity index (χ3n) is 7.72. The molecule has 2 aliphatic carbocycles. The number of carboxylic acid groups (broad SMARTS) is 1. The summed E-state index contributed by atoms with van der Waals surface area (Å²) in [6.07, 6.45) is 16.1. The number of nitrogens with one attached hydrogen (secondary N) is 1. The second kappa shape index (κ2) is 10.1. The van der Waals surface area contributed by atoms with Crippen LogP contribution < -0.4 is 5.32 Å². The van der Waals surface area contributed by atoms with Gasteiger partial charge in [0.05, 0.1) is 5.92 Å². The zero-order chi connectivity index (χ0) is 23.5. The molecular weight excluding hydrogens is 415 g/mol. The molecule has 4 aliphatic rings. The molecule has 4 rings (SSSR count). The van der Waals surface area contributed by atoms with Crippen LogP contribution in [0.15, 0.2) is 70.0 Å². The van der Waals surface area contributed by atoms with Gasteiger partial charge in [-0.05, 0) is 75.2 Å². The van der Waals surface area contributed by atoms with Crippen molar-refractivity contribution in [1.29, 1.82) is 0 Å². The van der Waals surface area contributed by atoms with Gasteiger partial charge in [0.25, 0.3) is 0 Å². The van der Waals surface area contributed by atoms with Gasteiger partial charge in [-0.15, -0.1) is 0 Å². The zero-order valence-electron chi connectivity index (χ0n) is 20.2. The fraction of sp³-hybridized carbons (Fsp3) is 0.536. The highest BCUT2D eigenvalue weighted by Gasteiger charge is 2.32. The topological polar surface area (TPSA) is 52.6 Å². The Labute approximate surface area is 197 Å². The lowest BCUT2D eigenvalue weighted by atomic mass is 9.82. The molecular formula is C28H37FN2O2. The van der Waals surface area contributed by atoms with Crippen LogP contribution in [0.1, 0.15) is 65.7 Å². The summed E-state index contributed by atoms with van der Waals surface area (Å²) >= 11 is 0. The SMILES string of the molecule is CCC1=CNC(C2CCN(C3=C(C4C=C(C)C(F)=CCC4)C=CC(C(=O)O)C3)CC2)=C(C)C1. The standard InChI is InChI=1S/C28H37FN2O2/c1-4-20-14-19(3)27(30-17-20)21-10-12-31(13-11-21)26-16-23(28(32)33)8-9-24(26)22-6-5-7-25(29)18(2)15-22/h7-9,15,17,21-23,30H,4-6,10-14,16H2,1-3H3,(H,32,33). The molecule has 0 saturated carbocycles. The summed E-state index contributed by atoms with van der Waals surface area (Å²) in [6.45, 7) is 8.13. The summed E-state index contributed by atoms with van der Waals surface area (Å²) < 4.78 is 14.2. The summed E-state index contributed by atoms with van der Waals surface area (Å²) in [5.74, 6) is -0.755. The molecule has 0 bridgehead atoms. The molecule has 0 radical (unpaired) electrons. The first-order valence-corrected chi connectivity index (χ1v) is 12.4. The van der Waals surface area contributed by atoms with Gasteiger partial charge in [-0.3, -0.25) is 4.79 Å². The van der Waals surface area contributed by atoms with Crippen molar-refractivity contribution < 1.29 is 14.3 Å². The minimum absolute atomic E-state index is 0.121. The van der Waals surface area contributed by atoms with Crippen molar-refractivity contribution in [2.24, 2.45) is 17.8 Å². The largest absolute Gasteiger partial charge is 0.481 e. The second-order valence-corrected chi connectivity index (χ2v) is 9.93. The molecule has 178 valence electrons. The Morgan fingerprint density at radius 2 is 2.00 bits per heavy atom. The van der Waals surface area contributed by atoms with Crippen LogP contribution in [0, 0.1) is 17.8 Å². The van der Waals surface area contributed by atoms with E-state index in [-0.39, 0.29) is 11.7 Å². The molecule has 4 nitrogen and oxygen atoms in total. The number of carbonyl (C=O) groups is 1. The molecule has 2 heterocycles. The van der Waals surface area contributed by atoms with Gasteiger partial charge in [0.2, 0.25) is 0 Å². The Balaban J connectivity index is 1.53. The number of dihydropyridines is 1. The lowest BCUT2D eigenvalue weighted by Gasteiger charge is -2.40. The van der Waals surface area contributed by atoms with Gasteiger partial charge >= 0.3 is 5.97 Å². The maximum atomic E-state index is 14.2. The van der Waals surface area contributed by atoms with Gasteiger partial charge in [-0.25, -0.2) is 4.39 Å². The Bertz CT molecular complexity index is 974. The van der Waals surface area contributed by atoms with Crippen LogP contribution in [-0.2, 0) is 4.79 Å². The number of piperidine rings is 1. The van der Waals surface area contributed by atoms with Crippen molar-refractivity contribution in [1.82, 2.24) is 10.2 Å². The zero-order valence-corrected chi connectivity index (χ0v) is 20.2. The molecule has 2 aliphatic heterocycles. The molecule has 1 saturated heterocycles. The van der Waals surface area contributed by atoms with Gasteiger partial charge in [0.1, 0.15) is 5.83 Å². The van der Waals surface area contributed by atoms with E-state index in [0.717, 1.165) is 50.9 Å². The Morgan fingerprint density at radius 1 is 1.24 bits per heavy atom. The van der Waals surface area contributed by atoms with Crippen LogP contribution in [-0.4, -0.2) is 29.1 Å². The summed E-state index contributed by atoms with van der Waals surface area (Å²) in [4.78, 5) is 14.2. The van der Waals surface area contributed by atoms with Crippen LogP contribution >= 0.6 is 0 Å². The average Bonchev–Trinajstić information content (AvgIpc) is 2.99. The van der Waals surface area contributed by atoms with Gasteiger partial charge in [-0.1, -0.05) is 30.7 Å². The van der Waals surface area contributed by atoms with Gasteiger partial charge in [-0.2, -0.15) is 0 Å². The number of nitrogens with zero attached hydrogens (tertiary/aromatic N) is 1. The van der Waals surface area contributed by atoms with Gasteiger partial charge in [0, 0.05) is 48.9 Å². The Hall–Kier alpha value is -2.56. The Morgan fingerprint density at radius 3 is 2.67 bits per heavy atom. The highest BCUT2D eigenvalue weighted by molar-refractivity contribution is 5.73. The van der Waals surface area contributed by atoms with E-state index in [9.17, 15) is 14.3 Å². The number of hydrogen-bond acceptors (Lipinski definition) is 3. The van der Waals surface area contributed by atoms with Gasteiger partial charge < -0.3 is 15.3 Å². The summed E-state index contributed by atoms with van der Waals surface area (Å²) in [7, 11) is 0. The first-order valence-electron chi connectivity index (χ1n) is 12.4. The smallest absolute Gasteiger partial charge is 0.310 e. The van der Waals surface area contributed by atoms with E-state index in [1.54, 1.807) is 6.08 Å². The van der Waals surface area contributed by atoms with E-state index < -0.39 is 11.9 Å². The number of aliphatic carboxylic acids is 1. The summed E-state index contributed by atoms with van der Waals surface area (Å²) in [6, 6.07) is 0. The normalized spacial score (nSPS) is 27.0. The van der Waals surface area contributed by atoms with Crippen molar-refractivity contribution >= 4 is 5.97 Å². The predicted molar refractivity (Wildman–Crippen MR) is 131 cm³/mol. The molecule has 0 aromatic carbocycles. The summed E-state index contributed by atoms with van der Waals surface area (Å²) in [5.41, 5.74) is 7.30. The van der Waals surface area contributed by atoms with E-state index in [0.29, 0.717) is 24.3 Å². The number of hydrogen-bond donors (Lipinski definition) is 2. The number of halogens is 1. The van der Waals surface area contributed by atoms with Crippen molar-refractivity contribution in [2.45, 2.75) is 65.7 Å². The molecule has 5 heteroatoms. The molecule has 1 fully saturated rings. The third kappa shape index (κ3) is 5.18. The quantitative estimate of drug-likeness (QED) is 0.508. The molecule has 0 aromatic heterocycles. The highest BCUT2D eigenvalue weighted by Crippen LogP contribution is 2.39. The lowest BCUT2D eigenvalue weighted by molar-refractivity contribution is -0.140. The van der Waals surface area contributed by atoms with Crippen LogP contribution in [0.5, 0.6) is 0 Å². The fourth-order valence-corrected chi connectivity index (χ4v) is 5.71. The highest BCUT2D eigenvalue weighted by atomic mass is 19.1. The molecule has 2 N–H and O–H groups in total. The van der Waals surface area contributed by atoms with Gasteiger partial charge in [0.15, 0.2) is 0 Å². The van der Waals surface area contributed by atoms with Crippen molar-refractivity contribution in [3.05, 3.63) is 70.0 Å². The minimum Gasteiger partial charge on any atom is -0.481 e. The molecule has 33 heavy (non-hydrogen) atoms. The fourth-order valence-electron chi connectivity index (χ4n) is 5.71. The number of carboxylic acids is 1. The first kappa shape index (κ1) is 23.6. The van der Waals surface area contributed by atoms with Crippen molar-refractivity contribution in [3.63, 3.8) is 0 Å². The molecule has 0 spiro atoms.